The van der Waals surface area contributed by atoms with Crippen LogP contribution in [0.5, 0.6) is 11.5 Å². The Labute approximate surface area is 228 Å². The van der Waals surface area contributed by atoms with Crippen molar-refractivity contribution in [3.05, 3.63) is 90.4 Å². The number of nitro groups is 1. The largest absolute Gasteiger partial charge is 0.454 e. The number of carbonyl (C=O) groups is 1. The minimum absolute atomic E-state index is 0.0660. The maximum Gasteiger partial charge on any atom is 0.277 e. The number of Topliss-reactive ketones (excluding diaryl/α,β-unsaturated/α-hetero) is 1. The van der Waals surface area contributed by atoms with E-state index < -0.39 is 16.4 Å². The molecule has 3 aromatic rings. The van der Waals surface area contributed by atoms with Crippen LogP contribution >= 0.6 is 11.8 Å². The number of nitrogens with zero attached hydrogens (tertiary/aromatic N) is 2. The highest BCUT2D eigenvalue weighted by Crippen LogP contribution is 2.51. The number of carbonyl (C=O) groups excluding carboxylic acids is 1. The molecule has 1 aliphatic carbocycles. The quantitative estimate of drug-likeness (QED) is 0.191. The van der Waals surface area contributed by atoms with E-state index in [9.17, 15) is 19.7 Å². The number of fused-ring (bicyclic) bond motifs is 2. The molecule has 39 heavy (non-hydrogen) atoms. The lowest BCUT2D eigenvalue weighted by atomic mass is 9.69. The molecule has 1 atom stereocenters. The number of benzene rings is 2. The maximum absolute atomic E-state index is 13.6. The van der Waals surface area contributed by atoms with Crippen LogP contribution in [-0.4, -0.2) is 27.5 Å². The van der Waals surface area contributed by atoms with Gasteiger partial charge < -0.3 is 19.8 Å². The average Bonchev–Trinajstić information content (AvgIpc) is 3.33. The number of thioether (sulfide) groups is 1. The molecule has 0 radical (unpaired) electrons. The SMILES string of the molecule is Cc1ccc(CSc2nc3c(c(=O)[nH]2)C(c2cc4c(cc2[N+](=O)[O-])OCO4)C2=C(CC(C)(C)CC2=O)N3)cc1. The molecular formula is C28H26N4O6S. The Morgan fingerprint density at radius 2 is 1.85 bits per heavy atom. The number of hydrogen-bond donors (Lipinski definition) is 2. The van der Waals surface area contributed by atoms with Crippen LogP contribution in [0.1, 0.15) is 54.9 Å². The van der Waals surface area contributed by atoms with Gasteiger partial charge in [0.1, 0.15) is 5.82 Å². The summed E-state index contributed by atoms with van der Waals surface area (Å²) >= 11 is 1.38. The minimum Gasteiger partial charge on any atom is -0.454 e. The highest BCUT2D eigenvalue weighted by Gasteiger charge is 2.45. The Balaban J connectivity index is 1.49. The van der Waals surface area contributed by atoms with Gasteiger partial charge in [0.05, 0.1) is 22.5 Å². The van der Waals surface area contributed by atoms with E-state index in [1.807, 2.05) is 45.0 Å². The van der Waals surface area contributed by atoms with Crippen molar-refractivity contribution in [1.82, 2.24) is 9.97 Å². The van der Waals surface area contributed by atoms with Crippen molar-refractivity contribution in [3.63, 3.8) is 0 Å². The number of ketones is 1. The molecule has 0 amide bonds. The first-order valence-electron chi connectivity index (χ1n) is 12.5. The van der Waals surface area contributed by atoms with Gasteiger partial charge in [0.2, 0.25) is 6.79 Å². The second kappa shape index (κ2) is 9.26. The molecule has 200 valence electrons. The summed E-state index contributed by atoms with van der Waals surface area (Å²) in [5, 5.41) is 15.9. The number of nitrogens with one attached hydrogen (secondary N) is 2. The number of aromatic nitrogens is 2. The molecule has 3 heterocycles. The molecule has 2 N–H and O–H groups in total. The van der Waals surface area contributed by atoms with E-state index in [0.717, 1.165) is 11.1 Å². The van der Waals surface area contributed by atoms with Crippen molar-refractivity contribution in [2.45, 2.75) is 50.4 Å². The topological polar surface area (TPSA) is 136 Å². The zero-order valence-corrected chi connectivity index (χ0v) is 22.4. The van der Waals surface area contributed by atoms with E-state index in [-0.39, 0.29) is 47.0 Å². The average molecular weight is 547 g/mol. The van der Waals surface area contributed by atoms with Gasteiger partial charge in [0, 0.05) is 29.0 Å². The van der Waals surface area contributed by atoms with Crippen molar-refractivity contribution in [2.24, 2.45) is 5.41 Å². The molecule has 2 aromatic carbocycles. The van der Waals surface area contributed by atoms with E-state index in [1.165, 1.54) is 23.9 Å². The number of ether oxygens (including phenoxy) is 2. The third-order valence-electron chi connectivity index (χ3n) is 7.23. The number of allylic oxidation sites excluding steroid dienone is 2. The molecule has 0 saturated heterocycles. The molecule has 3 aliphatic rings. The van der Waals surface area contributed by atoms with E-state index >= 15 is 0 Å². The molecular weight excluding hydrogens is 520 g/mol. The van der Waals surface area contributed by atoms with Gasteiger partial charge in [-0.3, -0.25) is 19.7 Å². The standard InChI is InChI=1S/C28H26N4O6S/c1-14-4-6-15(7-5-14)12-39-27-30-25-24(26(34)31-27)22(23-17(29-25)10-28(2,3)11-19(23)33)16-8-20-21(38-13-37-20)9-18(16)32(35)36/h4-9,22H,10-13H2,1-3H3,(H2,29,30,31,34). The molecule has 0 spiro atoms. The summed E-state index contributed by atoms with van der Waals surface area (Å²) < 4.78 is 10.9. The first kappa shape index (κ1) is 25.2. The third-order valence-corrected chi connectivity index (χ3v) is 8.17. The van der Waals surface area contributed by atoms with Gasteiger partial charge in [0.15, 0.2) is 22.4 Å². The number of anilines is 1. The first-order valence-corrected chi connectivity index (χ1v) is 13.5. The second-order valence-electron chi connectivity index (χ2n) is 10.8. The van der Waals surface area contributed by atoms with Gasteiger partial charge in [0.25, 0.3) is 11.2 Å². The van der Waals surface area contributed by atoms with Crippen LogP contribution in [0.2, 0.25) is 0 Å². The molecule has 1 unspecified atom stereocenters. The fraction of sp³-hybridized carbons (Fsp3) is 0.321. The van der Waals surface area contributed by atoms with Crippen LogP contribution in [-0.2, 0) is 10.5 Å². The van der Waals surface area contributed by atoms with Crippen LogP contribution in [0.15, 0.2) is 57.6 Å². The van der Waals surface area contributed by atoms with Gasteiger partial charge in [-0.2, -0.15) is 0 Å². The summed E-state index contributed by atoms with van der Waals surface area (Å²) in [6.07, 6.45) is 0.788. The molecule has 2 aliphatic heterocycles. The summed E-state index contributed by atoms with van der Waals surface area (Å²) in [6, 6.07) is 10.9. The number of aromatic amines is 1. The van der Waals surface area contributed by atoms with Crippen molar-refractivity contribution < 1.29 is 19.2 Å². The maximum atomic E-state index is 13.6. The number of rotatable bonds is 5. The smallest absolute Gasteiger partial charge is 0.277 e. The van der Waals surface area contributed by atoms with Crippen molar-refractivity contribution in [1.29, 1.82) is 0 Å². The lowest BCUT2D eigenvalue weighted by molar-refractivity contribution is -0.385. The summed E-state index contributed by atoms with van der Waals surface area (Å²) in [4.78, 5) is 46.4. The van der Waals surface area contributed by atoms with Gasteiger partial charge in [-0.05, 0) is 30.4 Å². The predicted molar refractivity (Wildman–Crippen MR) is 145 cm³/mol. The van der Waals surface area contributed by atoms with Crippen LogP contribution in [0.25, 0.3) is 0 Å². The molecule has 6 rings (SSSR count). The molecule has 11 heteroatoms. The van der Waals surface area contributed by atoms with E-state index in [4.69, 9.17) is 14.5 Å². The monoisotopic (exact) mass is 546 g/mol. The third kappa shape index (κ3) is 4.56. The fourth-order valence-electron chi connectivity index (χ4n) is 5.44. The Bertz CT molecular complexity index is 1630. The normalized spacial score (nSPS) is 18.8. The van der Waals surface area contributed by atoms with Crippen LogP contribution in [0.4, 0.5) is 11.5 Å². The zero-order chi connectivity index (χ0) is 27.5. The molecule has 0 fully saturated rings. The van der Waals surface area contributed by atoms with Crippen molar-refractivity contribution >= 4 is 29.1 Å². The van der Waals surface area contributed by atoms with Crippen molar-refractivity contribution in [3.8, 4) is 11.5 Å². The number of aryl methyl sites for hydroxylation is 1. The number of nitro benzene ring substituents is 1. The van der Waals surface area contributed by atoms with Gasteiger partial charge >= 0.3 is 0 Å². The number of hydrogen-bond acceptors (Lipinski definition) is 9. The summed E-state index contributed by atoms with van der Waals surface area (Å²) in [6.45, 7) is 5.95. The fourth-order valence-corrected chi connectivity index (χ4v) is 6.26. The highest BCUT2D eigenvalue weighted by atomic mass is 32.2. The second-order valence-corrected chi connectivity index (χ2v) is 11.8. The highest BCUT2D eigenvalue weighted by molar-refractivity contribution is 7.98. The van der Waals surface area contributed by atoms with Crippen LogP contribution in [0, 0.1) is 22.5 Å². The predicted octanol–water partition coefficient (Wildman–Crippen LogP) is 5.21. The summed E-state index contributed by atoms with van der Waals surface area (Å²) in [5.74, 6) is 0.330. The molecule has 0 saturated carbocycles. The number of H-pyrrole nitrogens is 1. The van der Waals surface area contributed by atoms with Crippen LogP contribution in [0.3, 0.4) is 0 Å². The molecule has 0 bridgehead atoms. The lowest BCUT2D eigenvalue weighted by Crippen LogP contribution is -2.37. The van der Waals surface area contributed by atoms with E-state index in [0.29, 0.717) is 40.2 Å². The Hall–Kier alpha value is -4.12. The Morgan fingerprint density at radius 1 is 1.13 bits per heavy atom. The molecule has 10 nitrogen and oxygen atoms in total. The van der Waals surface area contributed by atoms with Gasteiger partial charge in [-0.25, -0.2) is 4.98 Å². The van der Waals surface area contributed by atoms with Crippen molar-refractivity contribution in [2.75, 3.05) is 12.1 Å². The van der Waals surface area contributed by atoms with E-state index in [1.54, 1.807) is 0 Å². The summed E-state index contributed by atoms with van der Waals surface area (Å²) in [7, 11) is 0. The van der Waals surface area contributed by atoms with E-state index in [2.05, 4.69) is 10.3 Å². The minimum atomic E-state index is -0.984. The van der Waals surface area contributed by atoms with Crippen LogP contribution < -0.4 is 20.3 Å². The first-order chi connectivity index (χ1) is 18.6. The van der Waals surface area contributed by atoms with Gasteiger partial charge in [-0.15, -0.1) is 0 Å². The Kier molecular flexibility index (Phi) is 5.98. The molecule has 1 aromatic heterocycles. The summed E-state index contributed by atoms with van der Waals surface area (Å²) in [5.41, 5.74) is 2.56. The van der Waals surface area contributed by atoms with Gasteiger partial charge in [-0.1, -0.05) is 55.4 Å². The lowest BCUT2D eigenvalue weighted by Gasteiger charge is -2.38. The Morgan fingerprint density at radius 3 is 2.56 bits per heavy atom. The zero-order valence-electron chi connectivity index (χ0n) is 21.6.